The van der Waals surface area contributed by atoms with Gasteiger partial charge in [-0.15, -0.1) is 0 Å². The van der Waals surface area contributed by atoms with Crippen molar-refractivity contribution in [2.45, 2.75) is 25.3 Å². The van der Waals surface area contributed by atoms with Crippen LogP contribution in [-0.4, -0.2) is 28.2 Å². The molecule has 1 unspecified atom stereocenters. The van der Waals surface area contributed by atoms with Gasteiger partial charge >= 0.3 is 18.0 Å². The minimum Gasteiger partial charge on any atom is -0.481 e. The second kappa shape index (κ2) is 5.13. The van der Waals surface area contributed by atoms with E-state index in [1.54, 1.807) is 0 Å². The molecule has 0 aliphatic heterocycles. The van der Waals surface area contributed by atoms with Crippen LogP contribution in [0.25, 0.3) is 4.85 Å². The van der Waals surface area contributed by atoms with Crippen LogP contribution in [-0.2, 0) is 9.59 Å². The van der Waals surface area contributed by atoms with Crippen LogP contribution in [0.3, 0.4) is 0 Å². The highest BCUT2D eigenvalue weighted by molar-refractivity contribution is 5.75. The fraction of sp³-hybridized carbons (Fsp3) is 0.571. The lowest BCUT2D eigenvalue weighted by Gasteiger charge is -1.97. The van der Waals surface area contributed by atoms with Crippen molar-refractivity contribution < 1.29 is 19.8 Å². The van der Waals surface area contributed by atoms with Crippen molar-refractivity contribution in [1.29, 1.82) is 0 Å². The average molecular weight is 171 g/mol. The highest BCUT2D eigenvalue weighted by Crippen LogP contribution is 2.04. The van der Waals surface area contributed by atoms with Gasteiger partial charge in [-0.05, 0) is 6.42 Å². The summed E-state index contributed by atoms with van der Waals surface area (Å²) in [6, 6.07) is -1.09. The highest BCUT2D eigenvalue weighted by Gasteiger charge is 2.21. The van der Waals surface area contributed by atoms with Gasteiger partial charge in [0.15, 0.2) is 0 Å². The Balaban J connectivity index is 3.68. The number of hydrogen-bond acceptors (Lipinski definition) is 2. The predicted octanol–water partition coefficient (Wildman–Crippen LogP) is 0.614. The molecule has 5 nitrogen and oxygen atoms in total. The Morgan fingerprint density at radius 2 is 2.00 bits per heavy atom. The summed E-state index contributed by atoms with van der Waals surface area (Å²) in [6.07, 6.45) is 0.249. The number of carboxylic acid groups (broad SMARTS) is 2. The Morgan fingerprint density at radius 1 is 1.42 bits per heavy atom. The minimum atomic E-state index is -1.18. The molecule has 0 spiro atoms. The SMILES string of the molecule is [C-]#[N+]C(CCCC(=O)O)C(=O)O. The largest absolute Gasteiger partial charge is 0.481 e. The third-order valence-corrected chi connectivity index (χ3v) is 1.31. The van der Waals surface area contributed by atoms with Crippen LogP contribution in [0.5, 0.6) is 0 Å². The smallest absolute Gasteiger partial charge is 0.387 e. The van der Waals surface area contributed by atoms with Crippen LogP contribution in [0.4, 0.5) is 0 Å². The van der Waals surface area contributed by atoms with Crippen LogP contribution in [0, 0.1) is 6.57 Å². The van der Waals surface area contributed by atoms with E-state index in [1.807, 2.05) is 0 Å². The third-order valence-electron chi connectivity index (χ3n) is 1.31. The van der Waals surface area contributed by atoms with Crippen LogP contribution < -0.4 is 0 Å². The molecular formula is C7H9NO4. The second-order valence-corrected chi connectivity index (χ2v) is 2.27. The molecule has 0 rings (SSSR count). The summed E-state index contributed by atoms with van der Waals surface area (Å²) >= 11 is 0. The molecule has 0 aromatic carbocycles. The molecule has 0 aromatic rings. The number of carboxylic acids is 2. The molecule has 0 aliphatic carbocycles. The van der Waals surface area contributed by atoms with Crippen molar-refractivity contribution in [3.05, 3.63) is 11.4 Å². The van der Waals surface area contributed by atoms with Gasteiger partial charge < -0.3 is 15.1 Å². The summed E-state index contributed by atoms with van der Waals surface area (Å²) < 4.78 is 0. The van der Waals surface area contributed by atoms with Crippen molar-refractivity contribution in [3.63, 3.8) is 0 Å². The molecule has 0 aromatic heterocycles. The van der Waals surface area contributed by atoms with E-state index < -0.39 is 18.0 Å². The quantitative estimate of drug-likeness (QED) is 0.594. The number of nitrogens with zero attached hydrogens (tertiary/aromatic N) is 1. The van der Waals surface area contributed by atoms with Gasteiger partial charge in [-0.3, -0.25) is 4.79 Å². The first-order valence-electron chi connectivity index (χ1n) is 3.39. The monoisotopic (exact) mass is 171 g/mol. The first kappa shape index (κ1) is 10.4. The van der Waals surface area contributed by atoms with E-state index in [0.29, 0.717) is 0 Å². The zero-order valence-corrected chi connectivity index (χ0v) is 6.36. The van der Waals surface area contributed by atoms with Gasteiger partial charge in [0.2, 0.25) is 0 Å². The zero-order valence-electron chi connectivity index (χ0n) is 6.36. The molecule has 0 saturated carbocycles. The van der Waals surface area contributed by atoms with E-state index in [9.17, 15) is 9.59 Å². The van der Waals surface area contributed by atoms with E-state index in [2.05, 4.69) is 4.85 Å². The number of rotatable bonds is 5. The van der Waals surface area contributed by atoms with Crippen LogP contribution in [0.2, 0.25) is 0 Å². The minimum absolute atomic E-state index is 0.0840. The molecule has 0 fully saturated rings. The molecule has 12 heavy (non-hydrogen) atoms. The summed E-state index contributed by atoms with van der Waals surface area (Å²) in [7, 11) is 0. The maximum absolute atomic E-state index is 10.2. The average Bonchev–Trinajstić information content (AvgIpc) is 1.96. The van der Waals surface area contributed by atoms with Gasteiger partial charge in [0, 0.05) is 12.8 Å². The van der Waals surface area contributed by atoms with Gasteiger partial charge in [0.25, 0.3) is 0 Å². The van der Waals surface area contributed by atoms with Crippen LogP contribution in [0.1, 0.15) is 19.3 Å². The zero-order chi connectivity index (χ0) is 9.56. The van der Waals surface area contributed by atoms with Crippen LogP contribution >= 0.6 is 0 Å². The Morgan fingerprint density at radius 3 is 2.33 bits per heavy atom. The Bertz CT molecular complexity index is 218. The predicted molar refractivity (Wildman–Crippen MR) is 39.5 cm³/mol. The molecule has 66 valence electrons. The topological polar surface area (TPSA) is 79.0 Å². The van der Waals surface area contributed by atoms with Gasteiger partial charge in [-0.25, -0.2) is 11.4 Å². The summed E-state index contributed by atoms with van der Waals surface area (Å²) in [4.78, 5) is 23.1. The first-order chi connectivity index (χ1) is 5.57. The molecule has 2 N–H and O–H groups in total. The molecule has 0 aliphatic rings. The number of carbonyl (C=O) groups is 2. The van der Waals surface area contributed by atoms with Gasteiger partial charge in [-0.2, -0.15) is 0 Å². The van der Waals surface area contributed by atoms with Crippen molar-refractivity contribution in [2.24, 2.45) is 0 Å². The third kappa shape index (κ3) is 4.28. The molecule has 0 bridgehead atoms. The van der Waals surface area contributed by atoms with E-state index in [1.165, 1.54) is 0 Å². The Kier molecular flexibility index (Phi) is 4.46. The Labute approximate surface area is 69.4 Å². The molecular weight excluding hydrogens is 162 g/mol. The summed E-state index contributed by atoms with van der Waals surface area (Å²) in [5.74, 6) is -2.15. The maximum Gasteiger partial charge on any atom is 0.387 e. The van der Waals surface area contributed by atoms with Crippen molar-refractivity contribution in [1.82, 2.24) is 0 Å². The summed E-state index contributed by atoms with van der Waals surface area (Å²) in [5, 5.41) is 16.6. The van der Waals surface area contributed by atoms with Crippen molar-refractivity contribution in [3.8, 4) is 0 Å². The maximum atomic E-state index is 10.2. The van der Waals surface area contributed by atoms with E-state index in [4.69, 9.17) is 16.8 Å². The van der Waals surface area contributed by atoms with E-state index in [0.717, 1.165) is 0 Å². The number of hydrogen-bond donors (Lipinski definition) is 2. The normalized spacial score (nSPS) is 11.6. The van der Waals surface area contributed by atoms with E-state index >= 15 is 0 Å². The van der Waals surface area contributed by atoms with Gasteiger partial charge in [-0.1, -0.05) is 0 Å². The van der Waals surface area contributed by atoms with Crippen LogP contribution in [0.15, 0.2) is 0 Å². The lowest BCUT2D eigenvalue weighted by molar-refractivity contribution is -0.139. The lowest BCUT2D eigenvalue weighted by Crippen LogP contribution is -2.15. The summed E-state index contributed by atoms with van der Waals surface area (Å²) in [5.41, 5.74) is 0. The fourth-order valence-corrected chi connectivity index (χ4v) is 0.690. The molecule has 0 amide bonds. The Hall–Kier alpha value is -1.57. The van der Waals surface area contributed by atoms with Crippen molar-refractivity contribution >= 4 is 11.9 Å². The molecule has 1 atom stereocenters. The lowest BCUT2D eigenvalue weighted by atomic mass is 10.1. The van der Waals surface area contributed by atoms with Crippen molar-refractivity contribution in [2.75, 3.05) is 0 Å². The molecule has 0 saturated heterocycles. The van der Waals surface area contributed by atoms with Gasteiger partial charge in [0.1, 0.15) is 0 Å². The molecule has 0 radical (unpaired) electrons. The fourth-order valence-electron chi connectivity index (χ4n) is 0.690. The molecule has 0 heterocycles. The second-order valence-electron chi connectivity index (χ2n) is 2.27. The first-order valence-corrected chi connectivity index (χ1v) is 3.39. The highest BCUT2D eigenvalue weighted by atomic mass is 16.4. The summed E-state index contributed by atoms with van der Waals surface area (Å²) in [6.45, 7) is 6.47. The van der Waals surface area contributed by atoms with Gasteiger partial charge in [0.05, 0.1) is 0 Å². The number of aliphatic carboxylic acids is 2. The van der Waals surface area contributed by atoms with E-state index in [-0.39, 0.29) is 19.3 Å². The standard InChI is InChI=1S/C7H9NO4/c1-8-5(7(11)12)3-2-4-6(9)10/h5H,2-4H2,(H,9,10)(H,11,12). The molecule has 5 heteroatoms.